The Kier molecular flexibility index (Phi) is 3.37. The van der Waals surface area contributed by atoms with Gasteiger partial charge in [0, 0.05) is 19.3 Å². The summed E-state index contributed by atoms with van der Waals surface area (Å²) in [5.74, 6) is -2.79. The molecule has 0 amide bonds. The zero-order valence-electron chi connectivity index (χ0n) is 9.03. The molecule has 1 aliphatic rings. The lowest BCUT2D eigenvalue weighted by atomic mass is 10.2. The molecule has 5 nitrogen and oxygen atoms in total. The van der Waals surface area contributed by atoms with E-state index in [0.717, 1.165) is 0 Å². The van der Waals surface area contributed by atoms with Gasteiger partial charge in [0.15, 0.2) is 5.75 Å². The lowest BCUT2D eigenvalue weighted by Gasteiger charge is -2.28. The fourth-order valence-corrected chi connectivity index (χ4v) is 1.21. The summed E-state index contributed by atoms with van der Waals surface area (Å²) in [6.45, 7) is 1.17. The van der Waals surface area contributed by atoms with Crippen molar-refractivity contribution < 1.29 is 27.4 Å². The number of halogens is 3. The Balaban J connectivity index is 2.09. The molecule has 1 aromatic rings. The Hall–Kier alpha value is -1.83. The molecule has 1 N–H and O–H groups in total. The number of nitrogens with zero attached hydrogens (tertiary/aromatic N) is 1. The first kappa shape index (κ1) is 12.6. The third kappa shape index (κ3) is 2.89. The highest BCUT2D eigenvalue weighted by Crippen LogP contribution is 2.27. The molecule has 0 radical (unpaired) electrons. The average Bonchev–Trinajstić information content (AvgIpc) is 2.24. The molecule has 0 aliphatic carbocycles. The number of carbonyl (C=O) groups is 1. The molecule has 1 fully saturated rings. The summed E-state index contributed by atoms with van der Waals surface area (Å²) in [6.07, 6.45) is -4.00. The number of aromatic nitrogens is 1. The first-order valence-electron chi connectivity index (χ1n) is 5.08. The molecule has 0 atom stereocenters. The molecule has 18 heavy (non-hydrogen) atoms. The lowest BCUT2D eigenvalue weighted by Crippen LogP contribution is -2.50. The van der Waals surface area contributed by atoms with Crippen molar-refractivity contribution in [3.63, 3.8) is 0 Å². The molecule has 0 bridgehead atoms. The van der Waals surface area contributed by atoms with Gasteiger partial charge >= 0.3 is 12.1 Å². The Morgan fingerprint density at radius 3 is 2.72 bits per heavy atom. The van der Waals surface area contributed by atoms with Gasteiger partial charge in [0.1, 0.15) is 6.10 Å². The standard InChI is InChI=1S/C10H9F3N2O3/c11-10(12,13)9(16)18-8-7(2-1-3-15-8)17-6-4-14-5-6/h1-3,6,14H,4-5H2. The molecule has 8 heteroatoms. The highest BCUT2D eigenvalue weighted by Gasteiger charge is 2.42. The van der Waals surface area contributed by atoms with E-state index >= 15 is 0 Å². The van der Waals surface area contributed by atoms with E-state index in [0.29, 0.717) is 13.1 Å². The zero-order valence-corrected chi connectivity index (χ0v) is 9.03. The van der Waals surface area contributed by atoms with Gasteiger partial charge in [-0.25, -0.2) is 9.78 Å². The van der Waals surface area contributed by atoms with Crippen molar-refractivity contribution in [3.05, 3.63) is 18.3 Å². The fraction of sp³-hybridized carbons (Fsp3) is 0.400. The maximum Gasteiger partial charge on any atom is 0.491 e. The quantitative estimate of drug-likeness (QED) is 0.820. The summed E-state index contributed by atoms with van der Waals surface area (Å²) in [6, 6.07) is 2.87. The van der Waals surface area contributed by atoms with Crippen molar-refractivity contribution in [3.8, 4) is 11.6 Å². The van der Waals surface area contributed by atoms with Gasteiger partial charge in [0.25, 0.3) is 5.88 Å². The predicted octanol–water partition coefficient (Wildman–Crippen LogP) is 0.900. The molecule has 98 valence electrons. The number of carbonyl (C=O) groups excluding carboxylic acids is 1. The van der Waals surface area contributed by atoms with Crippen LogP contribution in [0.15, 0.2) is 18.3 Å². The Bertz CT molecular complexity index is 446. The van der Waals surface area contributed by atoms with Gasteiger partial charge in [0.05, 0.1) is 0 Å². The Morgan fingerprint density at radius 2 is 2.17 bits per heavy atom. The van der Waals surface area contributed by atoms with E-state index in [1.165, 1.54) is 18.3 Å². The summed E-state index contributed by atoms with van der Waals surface area (Å²) in [4.78, 5) is 14.3. The van der Waals surface area contributed by atoms with Crippen LogP contribution in [0.2, 0.25) is 0 Å². The first-order valence-corrected chi connectivity index (χ1v) is 5.08. The van der Waals surface area contributed by atoms with Crippen molar-refractivity contribution in [2.75, 3.05) is 13.1 Å². The number of rotatable bonds is 3. The van der Waals surface area contributed by atoms with Crippen LogP contribution < -0.4 is 14.8 Å². The van der Waals surface area contributed by atoms with Gasteiger partial charge in [-0.3, -0.25) is 0 Å². The fourth-order valence-electron chi connectivity index (χ4n) is 1.21. The second kappa shape index (κ2) is 4.81. The summed E-state index contributed by atoms with van der Waals surface area (Å²) in [5, 5.41) is 2.93. The number of hydrogen-bond acceptors (Lipinski definition) is 5. The monoisotopic (exact) mass is 262 g/mol. The second-order valence-corrected chi connectivity index (χ2v) is 3.59. The van der Waals surface area contributed by atoms with Gasteiger partial charge in [-0.15, -0.1) is 0 Å². The van der Waals surface area contributed by atoms with Crippen LogP contribution in [0.25, 0.3) is 0 Å². The minimum absolute atomic E-state index is 0.0154. The van der Waals surface area contributed by atoms with E-state index in [4.69, 9.17) is 4.74 Å². The van der Waals surface area contributed by atoms with Crippen LogP contribution in [0.4, 0.5) is 13.2 Å². The predicted molar refractivity (Wildman–Crippen MR) is 53.2 cm³/mol. The average molecular weight is 262 g/mol. The van der Waals surface area contributed by atoms with Crippen LogP contribution in [-0.2, 0) is 4.79 Å². The van der Waals surface area contributed by atoms with Gasteiger partial charge in [-0.05, 0) is 12.1 Å². The number of ether oxygens (including phenoxy) is 2. The van der Waals surface area contributed by atoms with E-state index in [1.807, 2.05) is 0 Å². The third-order valence-corrected chi connectivity index (χ3v) is 2.19. The van der Waals surface area contributed by atoms with Crippen molar-refractivity contribution in [1.82, 2.24) is 10.3 Å². The molecule has 0 aromatic carbocycles. The first-order chi connectivity index (χ1) is 8.47. The van der Waals surface area contributed by atoms with E-state index in [9.17, 15) is 18.0 Å². The number of esters is 1. The van der Waals surface area contributed by atoms with Crippen molar-refractivity contribution in [2.24, 2.45) is 0 Å². The minimum Gasteiger partial charge on any atom is -0.482 e. The summed E-state index contributed by atoms with van der Waals surface area (Å²) >= 11 is 0. The summed E-state index contributed by atoms with van der Waals surface area (Å²) in [5.41, 5.74) is 0. The number of hydrogen-bond donors (Lipinski definition) is 1. The van der Waals surface area contributed by atoms with Crippen molar-refractivity contribution >= 4 is 5.97 Å². The van der Waals surface area contributed by atoms with E-state index in [2.05, 4.69) is 15.0 Å². The Labute approximate surface area is 99.9 Å². The van der Waals surface area contributed by atoms with Gasteiger partial charge in [0.2, 0.25) is 0 Å². The lowest BCUT2D eigenvalue weighted by molar-refractivity contribution is -0.190. The van der Waals surface area contributed by atoms with E-state index < -0.39 is 18.0 Å². The van der Waals surface area contributed by atoms with Crippen LogP contribution in [0.5, 0.6) is 11.6 Å². The third-order valence-electron chi connectivity index (χ3n) is 2.19. The topological polar surface area (TPSA) is 60.5 Å². The molecule has 0 spiro atoms. The van der Waals surface area contributed by atoms with Crippen molar-refractivity contribution in [2.45, 2.75) is 12.3 Å². The van der Waals surface area contributed by atoms with Gasteiger partial charge in [-0.1, -0.05) is 0 Å². The molecule has 0 saturated carbocycles. The largest absolute Gasteiger partial charge is 0.491 e. The van der Waals surface area contributed by atoms with E-state index in [1.54, 1.807) is 0 Å². The number of nitrogens with one attached hydrogen (secondary N) is 1. The maximum absolute atomic E-state index is 12.1. The molecule has 0 unspecified atom stereocenters. The van der Waals surface area contributed by atoms with Crippen molar-refractivity contribution in [1.29, 1.82) is 0 Å². The van der Waals surface area contributed by atoms with Crippen LogP contribution in [0, 0.1) is 0 Å². The molecule has 2 rings (SSSR count). The van der Waals surface area contributed by atoms with Crippen LogP contribution in [-0.4, -0.2) is 36.3 Å². The van der Waals surface area contributed by atoms with Crippen LogP contribution in [0.1, 0.15) is 0 Å². The zero-order chi connectivity index (χ0) is 13.2. The van der Waals surface area contributed by atoms with Gasteiger partial charge in [-0.2, -0.15) is 13.2 Å². The second-order valence-electron chi connectivity index (χ2n) is 3.59. The smallest absolute Gasteiger partial charge is 0.482 e. The van der Waals surface area contributed by atoms with Gasteiger partial charge < -0.3 is 14.8 Å². The Morgan fingerprint density at radius 1 is 1.44 bits per heavy atom. The number of pyridine rings is 1. The number of alkyl halides is 3. The van der Waals surface area contributed by atoms with Crippen LogP contribution in [0.3, 0.4) is 0 Å². The minimum atomic E-state index is -5.06. The normalized spacial score (nSPS) is 15.9. The maximum atomic E-state index is 12.1. The highest BCUT2D eigenvalue weighted by atomic mass is 19.4. The highest BCUT2D eigenvalue weighted by molar-refractivity contribution is 5.78. The molecule has 1 saturated heterocycles. The SMILES string of the molecule is O=C(Oc1ncccc1OC1CNC1)C(F)(F)F. The van der Waals surface area contributed by atoms with E-state index in [-0.39, 0.29) is 11.9 Å². The molecular weight excluding hydrogens is 253 g/mol. The van der Waals surface area contributed by atoms with Crippen LogP contribution >= 0.6 is 0 Å². The molecular formula is C10H9F3N2O3. The molecule has 1 aromatic heterocycles. The summed E-state index contributed by atoms with van der Waals surface area (Å²) < 4.78 is 45.6. The molecule has 1 aliphatic heterocycles. The molecule has 2 heterocycles. The summed E-state index contributed by atoms with van der Waals surface area (Å²) in [7, 11) is 0.